The lowest BCUT2D eigenvalue weighted by atomic mass is 9.81. The summed E-state index contributed by atoms with van der Waals surface area (Å²) in [6.45, 7) is 3.66. The largest absolute Gasteiger partial charge is 0.481 e. The van der Waals surface area contributed by atoms with Crippen molar-refractivity contribution >= 4 is 11.9 Å². The maximum absolute atomic E-state index is 12.3. The van der Waals surface area contributed by atoms with Gasteiger partial charge in [-0.3, -0.25) is 9.59 Å². The summed E-state index contributed by atoms with van der Waals surface area (Å²) < 4.78 is 0. The van der Waals surface area contributed by atoms with E-state index < -0.39 is 23.3 Å². The number of aliphatic hydroxyl groups excluding tert-OH is 1. The Morgan fingerprint density at radius 2 is 1.74 bits per heavy atom. The molecule has 0 radical (unpaired) electrons. The summed E-state index contributed by atoms with van der Waals surface area (Å²) in [5, 5.41) is 21.5. The summed E-state index contributed by atoms with van der Waals surface area (Å²) in [5.41, 5.74) is -0.638. The van der Waals surface area contributed by atoms with Crippen molar-refractivity contribution in [2.75, 3.05) is 6.61 Å². The average molecular weight is 269 g/mol. The molecule has 0 unspecified atom stereocenters. The molecule has 0 bridgehead atoms. The summed E-state index contributed by atoms with van der Waals surface area (Å²) >= 11 is 0. The Hall–Kier alpha value is -1.36. The molecule has 0 heterocycles. The van der Waals surface area contributed by atoms with Gasteiger partial charge in [0.2, 0.25) is 5.91 Å². The molecule has 1 aliphatic carbocycles. The van der Waals surface area contributed by atoms with Gasteiger partial charge in [-0.15, -0.1) is 0 Å². The minimum Gasteiger partial charge on any atom is -0.481 e. The van der Waals surface area contributed by atoms with E-state index in [2.05, 4.69) is 5.32 Å². The van der Waals surface area contributed by atoms with Crippen molar-refractivity contribution in [2.24, 2.45) is 11.8 Å². The summed E-state index contributed by atoms with van der Waals surface area (Å²) in [6, 6.07) is 0. The number of carbonyl (C=O) groups excluding carboxylic acids is 1. The quantitative estimate of drug-likeness (QED) is 0.635. The first-order valence-electron chi connectivity index (χ1n) is 6.80. The molecule has 3 N–H and O–H groups in total. The predicted octanol–water partition coefficient (Wildman–Crippen LogP) is 1.32. The molecule has 19 heavy (non-hydrogen) atoms. The fourth-order valence-corrected chi connectivity index (χ4v) is 2.42. The Balaban J connectivity index is 2.81. The number of carbonyl (C=O) groups is 2. The zero-order valence-electron chi connectivity index (χ0n) is 11.6. The first-order valence-corrected chi connectivity index (χ1v) is 6.80. The van der Waals surface area contributed by atoms with E-state index in [0.717, 1.165) is 0 Å². The Labute approximate surface area is 113 Å². The van der Waals surface area contributed by atoms with E-state index in [9.17, 15) is 14.7 Å². The molecule has 1 aliphatic rings. The number of carboxylic acid groups (broad SMARTS) is 1. The second kappa shape index (κ2) is 6.70. The van der Waals surface area contributed by atoms with Gasteiger partial charge in [0, 0.05) is 0 Å². The Morgan fingerprint density at radius 1 is 1.21 bits per heavy atom. The molecule has 2 atom stereocenters. The minimum absolute atomic E-state index is 0.133. The van der Waals surface area contributed by atoms with Gasteiger partial charge in [-0.25, -0.2) is 0 Å². The second-order valence-electron chi connectivity index (χ2n) is 5.13. The van der Waals surface area contributed by atoms with E-state index >= 15 is 0 Å². The van der Waals surface area contributed by atoms with Crippen LogP contribution < -0.4 is 5.32 Å². The first kappa shape index (κ1) is 15.7. The molecule has 0 saturated carbocycles. The number of hydrogen-bond donors (Lipinski definition) is 3. The maximum atomic E-state index is 12.3. The zero-order chi connectivity index (χ0) is 14.5. The zero-order valence-corrected chi connectivity index (χ0v) is 11.6. The van der Waals surface area contributed by atoms with Crippen LogP contribution in [-0.2, 0) is 9.59 Å². The molecule has 0 aromatic heterocycles. The predicted molar refractivity (Wildman–Crippen MR) is 71.5 cm³/mol. The molecule has 0 saturated heterocycles. The van der Waals surface area contributed by atoms with Gasteiger partial charge in [0.15, 0.2) is 0 Å². The number of rotatable bonds is 6. The van der Waals surface area contributed by atoms with E-state index in [0.29, 0.717) is 25.7 Å². The third-order valence-electron chi connectivity index (χ3n) is 4.13. The summed E-state index contributed by atoms with van der Waals surface area (Å²) in [6.07, 6.45) is 5.72. The Kier molecular flexibility index (Phi) is 5.54. The average Bonchev–Trinajstić information content (AvgIpc) is 2.44. The van der Waals surface area contributed by atoms with Crippen LogP contribution in [0.3, 0.4) is 0 Å². The van der Waals surface area contributed by atoms with Gasteiger partial charge in [-0.05, 0) is 25.7 Å². The van der Waals surface area contributed by atoms with Crippen LogP contribution >= 0.6 is 0 Å². The first-order chi connectivity index (χ1) is 8.99. The van der Waals surface area contributed by atoms with Crippen LogP contribution in [0.25, 0.3) is 0 Å². The number of hydrogen-bond acceptors (Lipinski definition) is 3. The molecule has 0 spiro atoms. The van der Waals surface area contributed by atoms with Crippen molar-refractivity contribution in [2.45, 2.75) is 45.1 Å². The number of aliphatic carboxylic acids is 1. The molecule has 1 rings (SSSR count). The van der Waals surface area contributed by atoms with E-state index in [4.69, 9.17) is 5.11 Å². The summed E-state index contributed by atoms with van der Waals surface area (Å²) in [7, 11) is 0. The topological polar surface area (TPSA) is 86.6 Å². The highest BCUT2D eigenvalue weighted by molar-refractivity contribution is 5.85. The second-order valence-corrected chi connectivity index (χ2v) is 5.13. The van der Waals surface area contributed by atoms with Crippen LogP contribution in [0, 0.1) is 11.8 Å². The number of nitrogens with one attached hydrogen (secondary N) is 1. The van der Waals surface area contributed by atoms with Gasteiger partial charge >= 0.3 is 5.97 Å². The highest BCUT2D eigenvalue weighted by atomic mass is 16.4. The summed E-state index contributed by atoms with van der Waals surface area (Å²) in [5.74, 6) is -2.43. The van der Waals surface area contributed by atoms with Crippen molar-refractivity contribution < 1.29 is 19.8 Å². The molecular weight excluding hydrogens is 246 g/mol. The molecular formula is C14H23NO4. The van der Waals surface area contributed by atoms with Crippen LogP contribution in [-0.4, -0.2) is 34.2 Å². The van der Waals surface area contributed by atoms with Crippen molar-refractivity contribution in [3.63, 3.8) is 0 Å². The number of allylic oxidation sites excluding steroid dienone is 2. The molecule has 1 amide bonds. The van der Waals surface area contributed by atoms with Gasteiger partial charge in [-0.1, -0.05) is 26.0 Å². The molecule has 5 nitrogen and oxygen atoms in total. The third-order valence-corrected chi connectivity index (χ3v) is 4.13. The number of amides is 1. The molecule has 0 aromatic carbocycles. The molecule has 108 valence electrons. The standard InChI is InChI=1S/C14H23NO4/c1-3-14(4-2,9-16)15-12(17)10-7-5-6-8-11(10)13(18)19/h5-6,10-11,16H,3-4,7-9H2,1-2H3,(H,15,17)(H,18,19)/t10-,11+/m1/s1. The van der Waals surface area contributed by atoms with Crippen LogP contribution in [0.15, 0.2) is 12.2 Å². The van der Waals surface area contributed by atoms with Crippen LogP contribution in [0.2, 0.25) is 0 Å². The lowest BCUT2D eigenvalue weighted by molar-refractivity contribution is -0.148. The molecule has 0 aromatic rings. The lowest BCUT2D eigenvalue weighted by Crippen LogP contribution is -2.53. The normalized spacial score (nSPS) is 23.1. The molecule has 0 aliphatic heterocycles. The smallest absolute Gasteiger partial charge is 0.307 e. The van der Waals surface area contributed by atoms with Gasteiger partial charge in [0.1, 0.15) is 0 Å². The number of carboxylic acids is 1. The van der Waals surface area contributed by atoms with Gasteiger partial charge in [0.25, 0.3) is 0 Å². The SMILES string of the molecule is CCC(CC)(CO)NC(=O)[C@@H]1CC=CC[C@@H]1C(=O)O. The van der Waals surface area contributed by atoms with Crippen molar-refractivity contribution in [3.8, 4) is 0 Å². The van der Waals surface area contributed by atoms with Crippen LogP contribution in [0.4, 0.5) is 0 Å². The van der Waals surface area contributed by atoms with Gasteiger partial charge in [-0.2, -0.15) is 0 Å². The highest BCUT2D eigenvalue weighted by Gasteiger charge is 2.37. The van der Waals surface area contributed by atoms with Crippen molar-refractivity contribution in [1.29, 1.82) is 0 Å². The fourth-order valence-electron chi connectivity index (χ4n) is 2.42. The monoisotopic (exact) mass is 269 g/mol. The van der Waals surface area contributed by atoms with Gasteiger partial charge < -0.3 is 15.5 Å². The van der Waals surface area contributed by atoms with Crippen LogP contribution in [0.1, 0.15) is 39.5 Å². The highest BCUT2D eigenvalue weighted by Crippen LogP contribution is 2.27. The van der Waals surface area contributed by atoms with E-state index in [-0.39, 0.29) is 12.5 Å². The maximum Gasteiger partial charge on any atom is 0.307 e. The van der Waals surface area contributed by atoms with Crippen molar-refractivity contribution in [1.82, 2.24) is 5.32 Å². The minimum atomic E-state index is -0.938. The van der Waals surface area contributed by atoms with Crippen LogP contribution in [0.5, 0.6) is 0 Å². The van der Waals surface area contributed by atoms with E-state index in [1.807, 2.05) is 26.0 Å². The molecule has 5 heteroatoms. The third kappa shape index (κ3) is 3.56. The Bertz CT molecular complexity index is 352. The number of aliphatic hydroxyl groups is 1. The Morgan fingerprint density at radius 3 is 2.16 bits per heavy atom. The van der Waals surface area contributed by atoms with E-state index in [1.54, 1.807) is 0 Å². The molecule has 0 fully saturated rings. The van der Waals surface area contributed by atoms with Gasteiger partial charge in [0.05, 0.1) is 24.0 Å². The fraction of sp³-hybridized carbons (Fsp3) is 0.714. The van der Waals surface area contributed by atoms with Crippen molar-refractivity contribution in [3.05, 3.63) is 12.2 Å². The summed E-state index contributed by atoms with van der Waals surface area (Å²) in [4.78, 5) is 23.5. The van der Waals surface area contributed by atoms with E-state index in [1.165, 1.54) is 0 Å². The lowest BCUT2D eigenvalue weighted by Gasteiger charge is -2.34.